The van der Waals surface area contributed by atoms with E-state index in [9.17, 15) is 0 Å². The number of quaternary nitrogens is 1. The van der Waals surface area contributed by atoms with Crippen molar-refractivity contribution in [1.82, 2.24) is 0 Å². The fourth-order valence-electron chi connectivity index (χ4n) is 3.05. The maximum absolute atomic E-state index is 5.94. The zero-order valence-electron chi connectivity index (χ0n) is 12.1. The molecular weight excluding hydrogens is 246 g/mol. The van der Waals surface area contributed by atoms with Crippen molar-refractivity contribution in [3.63, 3.8) is 0 Å². The molecule has 0 aliphatic carbocycles. The van der Waals surface area contributed by atoms with Gasteiger partial charge in [-0.15, -0.1) is 0 Å². The lowest BCUT2D eigenvalue weighted by Gasteiger charge is -2.17. The first kappa shape index (κ1) is 13.4. The van der Waals surface area contributed by atoms with E-state index in [0.717, 1.165) is 18.9 Å². The molecular formula is C18H24NO+. The summed E-state index contributed by atoms with van der Waals surface area (Å²) >= 11 is 0. The Morgan fingerprint density at radius 1 is 0.850 bits per heavy atom. The highest BCUT2D eigenvalue weighted by atomic mass is 16.5. The first-order valence-corrected chi connectivity index (χ1v) is 7.87. The van der Waals surface area contributed by atoms with Gasteiger partial charge in [0.15, 0.2) is 0 Å². The van der Waals surface area contributed by atoms with Gasteiger partial charge in [0.1, 0.15) is 18.9 Å². The molecule has 2 aromatic rings. The van der Waals surface area contributed by atoms with Gasteiger partial charge in [0.25, 0.3) is 0 Å². The van der Waals surface area contributed by atoms with Crippen LogP contribution in [0, 0.1) is 0 Å². The second kappa shape index (κ2) is 6.76. The van der Waals surface area contributed by atoms with Crippen LogP contribution in [0.25, 0.3) is 10.8 Å². The third-order valence-electron chi connectivity index (χ3n) is 4.26. The van der Waals surface area contributed by atoms with Crippen LogP contribution in [0.5, 0.6) is 5.75 Å². The minimum Gasteiger partial charge on any atom is -0.488 e. The summed E-state index contributed by atoms with van der Waals surface area (Å²) in [5.41, 5.74) is 0. The molecule has 1 saturated heterocycles. The average Bonchev–Trinajstić information content (AvgIpc) is 2.76. The molecule has 0 unspecified atom stereocenters. The standard InChI is InChI=1S/C18H23NO/c1-2-6-12-19(11-5-1)13-14-20-18-10-9-16-7-3-4-8-17(16)15-18/h3-4,7-10,15H,1-2,5-6,11-14H2/p+1. The van der Waals surface area contributed by atoms with Gasteiger partial charge in [-0.3, -0.25) is 0 Å². The zero-order valence-corrected chi connectivity index (χ0v) is 12.1. The lowest BCUT2D eigenvalue weighted by Crippen LogP contribution is -3.12. The van der Waals surface area contributed by atoms with Gasteiger partial charge >= 0.3 is 0 Å². The average molecular weight is 270 g/mol. The number of rotatable bonds is 4. The van der Waals surface area contributed by atoms with Crippen molar-refractivity contribution in [3.05, 3.63) is 42.5 Å². The van der Waals surface area contributed by atoms with E-state index in [4.69, 9.17) is 4.74 Å². The molecule has 0 saturated carbocycles. The molecule has 0 atom stereocenters. The Bertz CT molecular complexity index is 544. The summed E-state index contributed by atoms with van der Waals surface area (Å²) in [5, 5.41) is 2.53. The molecule has 3 rings (SSSR count). The first-order chi connectivity index (χ1) is 9.92. The Balaban J connectivity index is 1.54. The van der Waals surface area contributed by atoms with Crippen LogP contribution < -0.4 is 9.64 Å². The van der Waals surface area contributed by atoms with Crippen LogP contribution in [0.1, 0.15) is 25.7 Å². The number of fused-ring (bicyclic) bond motifs is 1. The Morgan fingerprint density at radius 2 is 1.60 bits per heavy atom. The number of benzene rings is 2. The van der Waals surface area contributed by atoms with Gasteiger partial charge in [-0.2, -0.15) is 0 Å². The van der Waals surface area contributed by atoms with E-state index < -0.39 is 0 Å². The van der Waals surface area contributed by atoms with Crippen LogP contribution in [-0.2, 0) is 0 Å². The fourth-order valence-corrected chi connectivity index (χ4v) is 3.05. The number of hydrogen-bond acceptors (Lipinski definition) is 1. The highest BCUT2D eigenvalue weighted by molar-refractivity contribution is 5.83. The van der Waals surface area contributed by atoms with Crippen LogP contribution >= 0.6 is 0 Å². The van der Waals surface area contributed by atoms with Crippen molar-refractivity contribution in [3.8, 4) is 5.75 Å². The summed E-state index contributed by atoms with van der Waals surface area (Å²) < 4.78 is 5.94. The van der Waals surface area contributed by atoms with Crippen LogP contribution in [0.3, 0.4) is 0 Å². The van der Waals surface area contributed by atoms with Gasteiger partial charge in [-0.1, -0.05) is 30.3 Å². The SMILES string of the molecule is c1ccc2cc(OCC[NH+]3CCCCCC3)ccc2c1. The highest BCUT2D eigenvalue weighted by Crippen LogP contribution is 2.20. The molecule has 2 heteroatoms. The van der Waals surface area contributed by atoms with Crippen molar-refractivity contribution in [2.75, 3.05) is 26.2 Å². The van der Waals surface area contributed by atoms with Gasteiger partial charge in [-0.25, -0.2) is 0 Å². The molecule has 1 heterocycles. The van der Waals surface area contributed by atoms with E-state index in [1.54, 1.807) is 4.90 Å². The van der Waals surface area contributed by atoms with Crippen LogP contribution in [-0.4, -0.2) is 26.2 Å². The third-order valence-corrected chi connectivity index (χ3v) is 4.26. The maximum Gasteiger partial charge on any atom is 0.137 e. The Morgan fingerprint density at radius 3 is 2.40 bits per heavy atom. The molecule has 1 N–H and O–H groups in total. The van der Waals surface area contributed by atoms with Gasteiger partial charge < -0.3 is 9.64 Å². The molecule has 1 fully saturated rings. The van der Waals surface area contributed by atoms with E-state index in [2.05, 4.69) is 42.5 Å². The topological polar surface area (TPSA) is 13.7 Å². The van der Waals surface area contributed by atoms with Crippen molar-refractivity contribution in [1.29, 1.82) is 0 Å². The summed E-state index contributed by atoms with van der Waals surface area (Å²) in [5.74, 6) is 0.998. The molecule has 0 bridgehead atoms. The quantitative estimate of drug-likeness (QED) is 0.902. The molecule has 1 aliphatic rings. The minimum atomic E-state index is 0.827. The Kier molecular flexibility index (Phi) is 4.54. The summed E-state index contributed by atoms with van der Waals surface area (Å²) in [7, 11) is 0. The summed E-state index contributed by atoms with van der Waals surface area (Å²) in [6.45, 7) is 4.60. The Hall–Kier alpha value is -1.54. The largest absolute Gasteiger partial charge is 0.488 e. The van der Waals surface area contributed by atoms with Crippen molar-refractivity contribution >= 4 is 10.8 Å². The first-order valence-electron chi connectivity index (χ1n) is 7.87. The predicted molar refractivity (Wildman–Crippen MR) is 83.5 cm³/mol. The summed E-state index contributed by atoms with van der Waals surface area (Å²) in [6.07, 6.45) is 5.58. The van der Waals surface area contributed by atoms with Crippen molar-refractivity contribution in [2.24, 2.45) is 0 Å². The van der Waals surface area contributed by atoms with Gasteiger partial charge in [0.2, 0.25) is 0 Å². The molecule has 0 amide bonds. The zero-order chi connectivity index (χ0) is 13.6. The summed E-state index contributed by atoms with van der Waals surface area (Å²) in [6, 6.07) is 14.8. The fraction of sp³-hybridized carbons (Fsp3) is 0.444. The molecule has 2 aromatic carbocycles. The molecule has 20 heavy (non-hydrogen) atoms. The second-order valence-electron chi connectivity index (χ2n) is 5.77. The van der Waals surface area contributed by atoms with Crippen LogP contribution in [0.15, 0.2) is 42.5 Å². The van der Waals surface area contributed by atoms with Crippen molar-refractivity contribution in [2.45, 2.75) is 25.7 Å². The minimum absolute atomic E-state index is 0.827. The highest BCUT2D eigenvalue weighted by Gasteiger charge is 2.11. The van der Waals surface area contributed by atoms with E-state index in [0.29, 0.717) is 0 Å². The predicted octanol–water partition coefficient (Wildman–Crippen LogP) is 2.68. The lowest BCUT2D eigenvalue weighted by atomic mass is 10.1. The Labute approximate surface area is 121 Å². The molecule has 1 aliphatic heterocycles. The van der Waals surface area contributed by atoms with E-state index in [-0.39, 0.29) is 0 Å². The van der Waals surface area contributed by atoms with E-state index in [1.807, 2.05) is 0 Å². The van der Waals surface area contributed by atoms with Crippen molar-refractivity contribution < 1.29 is 9.64 Å². The van der Waals surface area contributed by atoms with Gasteiger partial charge in [0.05, 0.1) is 13.1 Å². The lowest BCUT2D eigenvalue weighted by molar-refractivity contribution is -0.899. The number of likely N-dealkylation sites (tertiary alicyclic amines) is 1. The van der Waals surface area contributed by atoms with Gasteiger partial charge in [0, 0.05) is 0 Å². The number of ether oxygens (including phenoxy) is 1. The monoisotopic (exact) mass is 270 g/mol. The molecule has 106 valence electrons. The normalized spacial score (nSPS) is 17.0. The maximum atomic E-state index is 5.94. The van der Waals surface area contributed by atoms with Crippen LogP contribution in [0.4, 0.5) is 0 Å². The molecule has 0 radical (unpaired) electrons. The second-order valence-corrected chi connectivity index (χ2v) is 5.77. The molecule has 2 nitrogen and oxygen atoms in total. The van der Waals surface area contributed by atoms with E-state index >= 15 is 0 Å². The summed E-state index contributed by atoms with van der Waals surface area (Å²) in [4.78, 5) is 1.71. The number of hydrogen-bond donors (Lipinski definition) is 1. The number of nitrogens with one attached hydrogen (secondary N) is 1. The third kappa shape index (κ3) is 3.51. The van der Waals surface area contributed by atoms with Crippen LogP contribution in [0.2, 0.25) is 0 Å². The van der Waals surface area contributed by atoms with Gasteiger partial charge in [-0.05, 0) is 48.6 Å². The molecule has 0 aromatic heterocycles. The molecule has 0 spiro atoms. The smallest absolute Gasteiger partial charge is 0.137 e. The van der Waals surface area contributed by atoms with E-state index in [1.165, 1.54) is 49.5 Å².